The lowest BCUT2D eigenvalue weighted by Gasteiger charge is -2.12. The first-order valence-electron chi connectivity index (χ1n) is 5.37. The van der Waals surface area contributed by atoms with E-state index >= 15 is 0 Å². The highest BCUT2D eigenvalue weighted by molar-refractivity contribution is 6.19. The minimum Gasteiger partial charge on any atom is -0.496 e. The Morgan fingerprint density at radius 1 is 1.44 bits per heavy atom. The standard InChI is InChI=1S/C13H17ClO2/c1-9(2)11-8-10(12(15)6-7-14)4-5-13(11)16-3/h4-5,8-9H,6-7H2,1-3H3. The lowest BCUT2D eigenvalue weighted by molar-refractivity contribution is 0.0989. The molecule has 0 aliphatic rings. The summed E-state index contributed by atoms with van der Waals surface area (Å²) in [5.74, 6) is 1.61. The van der Waals surface area contributed by atoms with E-state index in [2.05, 4.69) is 13.8 Å². The average Bonchev–Trinajstić information content (AvgIpc) is 2.28. The Morgan fingerprint density at radius 3 is 2.62 bits per heavy atom. The van der Waals surface area contributed by atoms with Gasteiger partial charge in [-0.25, -0.2) is 0 Å². The Balaban J connectivity index is 3.06. The normalized spacial score (nSPS) is 10.6. The fraction of sp³-hybridized carbons (Fsp3) is 0.462. The van der Waals surface area contributed by atoms with Gasteiger partial charge in [-0.05, 0) is 29.7 Å². The zero-order chi connectivity index (χ0) is 12.1. The van der Waals surface area contributed by atoms with Crippen molar-refractivity contribution in [2.45, 2.75) is 26.2 Å². The van der Waals surface area contributed by atoms with Gasteiger partial charge >= 0.3 is 0 Å². The molecular formula is C13H17ClO2. The van der Waals surface area contributed by atoms with E-state index in [0.29, 0.717) is 23.8 Å². The second kappa shape index (κ2) is 5.90. The molecule has 88 valence electrons. The first-order chi connectivity index (χ1) is 7.60. The number of carbonyl (C=O) groups excluding carboxylic acids is 1. The number of alkyl halides is 1. The second-order valence-electron chi connectivity index (χ2n) is 3.97. The number of benzene rings is 1. The molecule has 0 spiro atoms. The molecule has 0 unspecified atom stereocenters. The molecule has 1 aromatic rings. The van der Waals surface area contributed by atoms with Crippen LogP contribution in [0.5, 0.6) is 5.75 Å². The number of halogens is 1. The molecule has 1 rings (SSSR count). The number of ketones is 1. The van der Waals surface area contributed by atoms with E-state index in [1.165, 1.54) is 0 Å². The van der Waals surface area contributed by atoms with Gasteiger partial charge in [-0.3, -0.25) is 4.79 Å². The molecule has 2 nitrogen and oxygen atoms in total. The van der Waals surface area contributed by atoms with Crippen molar-refractivity contribution in [1.82, 2.24) is 0 Å². The summed E-state index contributed by atoms with van der Waals surface area (Å²) >= 11 is 5.56. The Hall–Kier alpha value is -1.02. The molecule has 0 amide bonds. The number of methoxy groups -OCH3 is 1. The van der Waals surface area contributed by atoms with E-state index in [0.717, 1.165) is 11.3 Å². The summed E-state index contributed by atoms with van der Waals surface area (Å²) in [6, 6.07) is 5.54. The van der Waals surface area contributed by atoms with Crippen molar-refractivity contribution in [3.63, 3.8) is 0 Å². The van der Waals surface area contributed by atoms with Crippen LogP contribution in [0.4, 0.5) is 0 Å². The third-order valence-corrected chi connectivity index (χ3v) is 2.68. The number of carbonyl (C=O) groups is 1. The van der Waals surface area contributed by atoms with Gasteiger partial charge in [-0.1, -0.05) is 13.8 Å². The maximum Gasteiger partial charge on any atom is 0.164 e. The van der Waals surface area contributed by atoms with Crippen molar-refractivity contribution in [2.75, 3.05) is 13.0 Å². The van der Waals surface area contributed by atoms with Gasteiger partial charge in [0.05, 0.1) is 7.11 Å². The van der Waals surface area contributed by atoms with Crippen molar-refractivity contribution in [3.8, 4) is 5.75 Å². The van der Waals surface area contributed by atoms with Gasteiger partial charge in [0.15, 0.2) is 5.78 Å². The zero-order valence-electron chi connectivity index (χ0n) is 9.92. The molecule has 16 heavy (non-hydrogen) atoms. The highest BCUT2D eigenvalue weighted by Gasteiger charge is 2.11. The topological polar surface area (TPSA) is 26.3 Å². The SMILES string of the molecule is COc1ccc(C(=O)CCCl)cc1C(C)C. The van der Waals surface area contributed by atoms with E-state index < -0.39 is 0 Å². The van der Waals surface area contributed by atoms with E-state index in [-0.39, 0.29) is 5.78 Å². The van der Waals surface area contributed by atoms with Gasteiger partial charge in [0.25, 0.3) is 0 Å². The van der Waals surface area contributed by atoms with Gasteiger partial charge in [-0.2, -0.15) is 0 Å². The van der Waals surface area contributed by atoms with Crippen LogP contribution in [-0.2, 0) is 0 Å². The van der Waals surface area contributed by atoms with Crippen LogP contribution in [-0.4, -0.2) is 18.8 Å². The molecule has 0 bridgehead atoms. The highest BCUT2D eigenvalue weighted by Crippen LogP contribution is 2.27. The van der Waals surface area contributed by atoms with Gasteiger partial charge in [0, 0.05) is 17.9 Å². The quantitative estimate of drug-likeness (QED) is 0.580. The predicted molar refractivity (Wildman–Crippen MR) is 66.8 cm³/mol. The number of ether oxygens (including phenoxy) is 1. The maximum atomic E-state index is 11.7. The van der Waals surface area contributed by atoms with Gasteiger partial charge in [0.2, 0.25) is 0 Å². The molecule has 0 fully saturated rings. The largest absolute Gasteiger partial charge is 0.496 e. The molecule has 0 aliphatic heterocycles. The minimum absolute atomic E-state index is 0.0829. The van der Waals surface area contributed by atoms with E-state index in [4.69, 9.17) is 16.3 Å². The molecule has 0 aromatic heterocycles. The van der Waals surface area contributed by atoms with Gasteiger partial charge in [-0.15, -0.1) is 11.6 Å². The Kier molecular flexibility index (Phi) is 4.81. The summed E-state index contributed by atoms with van der Waals surface area (Å²) in [5.41, 5.74) is 1.77. The molecular weight excluding hydrogens is 224 g/mol. The number of hydrogen-bond acceptors (Lipinski definition) is 2. The third-order valence-electron chi connectivity index (χ3n) is 2.50. The molecule has 0 saturated carbocycles. The summed E-state index contributed by atoms with van der Waals surface area (Å²) in [4.78, 5) is 11.7. The summed E-state index contributed by atoms with van der Waals surface area (Å²) in [7, 11) is 1.64. The van der Waals surface area contributed by atoms with Crippen molar-refractivity contribution in [3.05, 3.63) is 29.3 Å². The molecule has 0 radical (unpaired) electrons. The first-order valence-corrected chi connectivity index (χ1v) is 5.90. The Bertz CT molecular complexity index is 372. The summed E-state index contributed by atoms with van der Waals surface area (Å²) in [6.07, 6.45) is 0.380. The maximum absolute atomic E-state index is 11.7. The van der Waals surface area contributed by atoms with E-state index in [9.17, 15) is 4.79 Å². The Labute approximate surface area is 102 Å². The Morgan fingerprint density at radius 2 is 2.12 bits per heavy atom. The monoisotopic (exact) mass is 240 g/mol. The van der Waals surface area contributed by atoms with Crippen LogP contribution in [0.3, 0.4) is 0 Å². The van der Waals surface area contributed by atoms with Crippen LogP contribution in [0.15, 0.2) is 18.2 Å². The lowest BCUT2D eigenvalue weighted by atomic mass is 9.97. The summed E-state index contributed by atoms with van der Waals surface area (Å²) in [5, 5.41) is 0. The van der Waals surface area contributed by atoms with Crippen molar-refractivity contribution < 1.29 is 9.53 Å². The van der Waals surface area contributed by atoms with Crippen LogP contribution < -0.4 is 4.74 Å². The van der Waals surface area contributed by atoms with Crippen LogP contribution in [0, 0.1) is 0 Å². The van der Waals surface area contributed by atoms with Gasteiger partial charge < -0.3 is 4.74 Å². The molecule has 1 aromatic carbocycles. The van der Waals surface area contributed by atoms with E-state index in [1.807, 2.05) is 12.1 Å². The number of Topliss-reactive ketones (excluding diaryl/α,β-unsaturated/α-hetero) is 1. The molecule has 0 heterocycles. The van der Waals surface area contributed by atoms with Crippen molar-refractivity contribution in [2.24, 2.45) is 0 Å². The van der Waals surface area contributed by atoms with Gasteiger partial charge in [0.1, 0.15) is 5.75 Å². The van der Waals surface area contributed by atoms with Crippen molar-refractivity contribution >= 4 is 17.4 Å². The average molecular weight is 241 g/mol. The molecule has 0 aliphatic carbocycles. The van der Waals surface area contributed by atoms with Crippen LogP contribution in [0.1, 0.15) is 42.1 Å². The third kappa shape index (κ3) is 2.99. The van der Waals surface area contributed by atoms with Crippen LogP contribution in [0.25, 0.3) is 0 Å². The first kappa shape index (κ1) is 13.0. The van der Waals surface area contributed by atoms with Crippen LogP contribution in [0.2, 0.25) is 0 Å². The lowest BCUT2D eigenvalue weighted by Crippen LogP contribution is -2.02. The second-order valence-corrected chi connectivity index (χ2v) is 4.35. The molecule has 0 saturated heterocycles. The number of hydrogen-bond donors (Lipinski definition) is 0. The summed E-state index contributed by atoms with van der Waals surface area (Å²) < 4.78 is 5.26. The predicted octanol–water partition coefficient (Wildman–Crippen LogP) is 3.63. The smallest absolute Gasteiger partial charge is 0.164 e. The molecule has 0 N–H and O–H groups in total. The summed E-state index contributed by atoms with van der Waals surface area (Å²) in [6.45, 7) is 4.15. The molecule has 3 heteroatoms. The zero-order valence-corrected chi connectivity index (χ0v) is 10.7. The van der Waals surface area contributed by atoms with Crippen LogP contribution >= 0.6 is 11.6 Å². The number of rotatable bonds is 5. The molecule has 0 atom stereocenters. The van der Waals surface area contributed by atoms with E-state index in [1.54, 1.807) is 13.2 Å². The fourth-order valence-electron chi connectivity index (χ4n) is 1.59. The van der Waals surface area contributed by atoms with Crippen molar-refractivity contribution in [1.29, 1.82) is 0 Å². The highest BCUT2D eigenvalue weighted by atomic mass is 35.5. The fourth-order valence-corrected chi connectivity index (χ4v) is 1.76. The minimum atomic E-state index is 0.0829.